The number of hydrogen-bond acceptors (Lipinski definition) is 0. The molecule has 0 aromatic heterocycles. The Morgan fingerprint density at radius 1 is 0.174 bits per heavy atom. The predicted molar refractivity (Wildman–Crippen MR) is 107 cm³/mol. The van der Waals surface area contributed by atoms with E-state index in [0.717, 1.165) is 0 Å². The molecule has 0 bridgehead atoms. The van der Waals surface area contributed by atoms with Crippen LogP contribution in [0.15, 0.2) is 0 Å². The van der Waals surface area contributed by atoms with Crippen molar-refractivity contribution < 1.29 is 87.8 Å². The molecule has 4 aromatic rings. The van der Waals surface area contributed by atoms with Gasteiger partial charge in [-0.1, -0.05) is 0 Å². The minimum atomic E-state index is -6.01. The number of fused-ring (bicyclic) bond motifs is 2. The third-order valence-corrected chi connectivity index (χ3v) is 7.02. The monoisotopic (exact) mass is 692 g/mol. The van der Waals surface area contributed by atoms with E-state index in [1.54, 1.807) is 0 Å². The first kappa shape index (κ1) is 32.9. The molecule has 0 spiro atoms. The van der Waals surface area contributed by atoms with Crippen LogP contribution in [0, 0.1) is 105 Å². The molecule has 1 aliphatic rings. The van der Waals surface area contributed by atoms with Gasteiger partial charge >= 0.3 is 0 Å². The fourth-order valence-corrected chi connectivity index (χ4v) is 5.12. The van der Waals surface area contributed by atoms with Gasteiger partial charge in [-0.05, 0) is 0 Å². The second kappa shape index (κ2) is 9.99. The van der Waals surface area contributed by atoms with E-state index >= 15 is 26.3 Å². The van der Waals surface area contributed by atoms with Crippen LogP contribution in [0.5, 0.6) is 0 Å². The van der Waals surface area contributed by atoms with Gasteiger partial charge in [0.25, 0.3) is 0 Å². The summed E-state index contributed by atoms with van der Waals surface area (Å²) >= 11 is 0. The standard InChI is InChI=1S/C26F20/c27-7-1-2(8(28)16(36)15(7)35)26(46,6-13(33)21(41)24(44)22(42)14(6)34)4-3(9(29)17(37)18(38)10(4)30)25(1,45)5-11(31)19(39)23(43)20(40)12(5)32. The molecule has 4 aromatic carbocycles. The van der Waals surface area contributed by atoms with Crippen LogP contribution in [0.1, 0.15) is 33.4 Å². The lowest BCUT2D eigenvalue weighted by Gasteiger charge is -2.43. The summed E-state index contributed by atoms with van der Waals surface area (Å²) in [7, 11) is 0. The molecule has 0 saturated carbocycles. The topological polar surface area (TPSA) is 0 Å². The fraction of sp³-hybridized carbons (Fsp3) is 0.0769. The van der Waals surface area contributed by atoms with E-state index in [4.69, 9.17) is 0 Å². The molecule has 0 N–H and O–H groups in total. The maximum atomic E-state index is 17.2. The summed E-state index contributed by atoms with van der Waals surface area (Å²) in [6, 6.07) is 0. The van der Waals surface area contributed by atoms with Crippen molar-refractivity contribution in [1.82, 2.24) is 0 Å². The van der Waals surface area contributed by atoms with Gasteiger partial charge in [0, 0.05) is 22.3 Å². The molecule has 0 nitrogen and oxygen atoms in total. The average molecular weight is 692 g/mol. The lowest BCUT2D eigenvalue weighted by molar-refractivity contribution is 0.162. The van der Waals surface area contributed by atoms with E-state index in [0.29, 0.717) is 0 Å². The summed E-state index contributed by atoms with van der Waals surface area (Å²) in [5.41, 5.74) is -32.7. The zero-order valence-electron chi connectivity index (χ0n) is 20.6. The fourth-order valence-electron chi connectivity index (χ4n) is 5.12. The Labute approximate surface area is 238 Å². The maximum absolute atomic E-state index is 17.2. The first-order chi connectivity index (χ1) is 21.1. The predicted octanol–water partition coefficient (Wildman–Crippen LogP) is 9.03. The molecule has 0 aliphatic heterocycles. The molecule has 0 unspecified atom stereocenters. The summed E-state index contributed by atoms with van der Waals surface area (Å²) in [5, 5.41) is 0. The number of halogens is 20. The molecule has 0 fully saturated rings. The highest BCUT2D eigenvalue weighted by atomic mass is 19.2. The molecular formula is C26F20. The lowest BCUT2D eigenvalue weighted by atomic mass is 9.63. The summed E-state index contributed by atoms with van der Waals surface area (Å²) in [5.74, 6) is -62.4. The second-order valence-electron chi connectivity index (χ2n) is 9.22. The summed E-state index contributed by atoms with van der Waals surface area (Å²) in [6.07, 6.45) is 0. The Morgan fingerprint density at radius 3 is 0.435 bits per heavy atom. The van der Waals surface area contributed by atoms with Crippen molar-refractivity contribution in [1.29, 1.82) is 0 Å². The summed E-state index contributed by atoms with van der Waals surface area (Å²) in [6.45, 7) is 0. The van der Waals surface area contributed by atoms with Crippen molar-refractivity contribution in [2.45, 2.75) is 11.3 Å². The van der Waals surface area contributed by atoms with Crippen molar-refractivity contribution in [2.24, 2.45) is 0 Å². The van der Waals surface area contributed by atoms with Crippen LogP contribution in [0.4, 0.5) is 87.8 Å². The van der Waals surface area contributed by atoms with Gasteiger partial charge in [-0.25, -0.2) is 87.8 Å². The molecule has 0 radical (unpaired) electrons. The Kier molecular flexibility index (Phi) is 7.14. The van der Waals surface area contributed by atoms with Crippen LogP contribution < -0.4 is 0 Å². The number of alkyl halides is 2. The summed E-state index contributed by atoms with van der Waals surface area (Å²) < 4.78 is 298. The van der Waals surface area contributed by atoms with Crippen LogP contribution >= 0.6 is 0 Å². The number of rotatable bonds is 2. The van der Waals surface area contributed by atoms with Crippen molar-refractivity contribution >= 4 is 0 Å². The van der Waals surface area contributed by atoms with E-state index in [2.05, 4.69) is 0 Å². The largest absolute Gasteiger partial charge is 0.228 e. The highest BCUT2D eigenvalue weighted by Crippen LogP contribution is 2.62. The van der Waals surface area contributed by atoms with E-state index < -0.39 is 149 Å². The first-order valence-corrected chi connectivity index (χ1v) is 11.3. The van der Waals surface area contributed by atoms with Crippen LogP contribution in [0.25, 0.3) is 0 Å². The van der Waals surface area contributed by atoms with Crippen LogP contribution in [-0.2, 0) is 11.3 Å². The Balaban J connectivity index is 2.26. The van der Waals surface area contributed by atoms with Gasteiger partial charge in [0.2, 0.25) is 11.6 Å². The van der Waals surface area contributed by atoms with Gasteiger partial charge in [-0.15, -0.1) is 0 Å². The third kappa shape index (κ3) is 3.60. The van der Waals surface area contributed by atoms with Gasteiger partial charge in [-0.3, -0.25) is 0 Å². The van der Waals surface area contributed by atoms with Crippen LogP contribution in [0.2, 0.25) is 0 Å². The smallest absolute Gasteiger partial charge is 0.200 e. The molecular weight excluding hydrogens is 692 g/mol. The van der Waals surface area contributed by atoms with Crippen molar-refractivity contribution in [3.05, 3.63) is 138 Å². The quantitative estimate of drug-likeness (QED) is 0.112. The summed E-state index contributed by atoms with van der Waals surface area (Å²) in [4.78, 5) is 0. The van der Waals surface area contributed by atoms with Crippen molar-refractivity contribution in [2.75, 3.05) is 0 Å². The zero-order valence-corrected chi connectivity index (χ0v) is 20.6. The molecule has 0 saturated heterocycles. The van der Waals surface area contributed by atoms with E-state index in [1.165, 1.54) is 0 Å². The van der Waals surface area contributed by atoms with Crippen LogP contribution in [0.3, 0.4) is 0 Å². The molecule has 0 heterocycles. The van der Waals surface area contributed by atoms with Gasteiger partial charge < -0.3 is 0 Å². The van der Waals surface area contributed by atoms with E-state index in [1.807, 2.05) is 0 Å². The normalized spacial score (nSPS) is 19.0. The van der Waals surface area contributed by atoms with Gasteiger partial charge in [0.1, 0.15) is 0 Å². The minimum absolute atomic E-state index is 3.21. The van der Waals surface area contributed by atoms with E-state index in [-0.39, 0.29) is 0 Å². The van der Waals surface area contributed by atoms with Crippen LogP contribution in [-0.4, -0.2) is 0 Å². The van der Waals surface area contributed by atoms with Gasteiger partial charge in [0.05, 0.1) is 11.1 Å². The first-order valence-electron chi connectivity index (χ1n) is 11.3. The third-order valence-electron chi connectivity index (χ3n) is 7.02. The zero-order chi connectivity index (χ0) is 34.9. The SMILES string of the molecule is Fc1c(F)c(F)c(C2(F)c3c(F)c(F)c(F)c(F)c3C(F)(c3c(F)c(F)c(F)c(F)c3F)c3c(F)c(F)c(F)c(F)c32)c(F)c1F. The van der Waals surface area contributed by atoms with Crippen molar-refractivity contribution in [3.8, 4) is 0 Å². The molecule has 46 heavy (non-hydrogen) atoms. The number of benzene rings is 4. The van der Waals surface area contributed by atoms with Crippen molar-refractivity contribution in [3.63, 3.8) is 0 Å². The highest BCUT2D eigenvalue weighted by Gasteiger charge is 2.65. The van der Waals surface area contributed by atoms with Gasteiger partial charge in [0.15, 0.2) is 104 Å². The molecule has 0 amide bonds. The minimum Gasteiger partial charge on any atom is -0.228 e. The molecule has 0 atom stereocenters. The molecule has 244 valence electrons. The molecule has 20 heteroatoms. The highest BCUT2D eigenvalue weighted by molar-refractivity contribution is 5.68. The Hall–Kier alpha value is -4.52. The molecule has 1 aliphatic carbocycles. The van der Waals surface area contributed by atoms with E-state index in [9.17, 15) is 61.5 Å². The maximum Gasteiger partial charge on any atom is 0.200 e. The second-order valence-corrected chi connectivity index (χ2v) is 9.22. The Bertz CT molecular complexity index is 1790. The number of hydrogen-bond donors (Lipinski definition) is 0. The molecule has 5 rings (SSSR count). The Morgan fingerprint density at radius 2 is 0.283 bits per heavy atom. The average Bonchev–Trinajstić information content (AvgIpc) is 3.01. The lowest BCUT2D eigenvalue weighted by Crippen LogP contribution is -2.46. The van der Waals surface area contributed by atoms with Gasteiger partial charge in [-0.2, -0.15) is 0 Å².